The fourth-order valence-electron chi connectivity index (χ4n) is 3.64. The van der Waals surface area contributed by atoms with Crippen LogP contribution < -0.4 is 0 Å². The number of urea groups is 2. The Labute approximate surface area is 165 Å². The minimum absolute atomic E-state index is 0.290. The van der Waals surface area contributed by atoms with E-state index in [1.807, 2.05) is 0 Å². The van der Waals surface area contributed by atoms with Crippen LogP contribution in [0.15, 0.2) is 24.5 Å². The Balaban J connectivity index is 2.19. The van der Waals surface area contributed by atoms with E-state index in [0.717, 1.165) is 19.6 Å². The van der Waals surface area contributed by atoms with Gasteiger partial charge >= 0.3 is 12.1 Å². The topological polar surface area (TPSA) is 128 Å². The van der Waals surface area contributed by atoms with E-state index in [0.29, 0.717) is 0 Å². The molecular formula is C18H19N5O6. The van der Waals surface area contributed by atoms with Crippen molar-refractivity contribution in [3.63, 3.8) is 0 Å². The first-order chi connectivity index (χ1) is 13.6. The van der Waals surface area contributed by atoms with Crippen LogP contribution in [0.25, 0.3) is 0 Å². The van der Waals surface area contributed by atoms with E-state index in [9.17, 15) is 28.8 Å². The minimum Gasteiger partial charge on any atom is -0.273 e. The maximum absolute atomic E-state index is 12.9. The third-order valence-corrected chi connectivity index (χ3v) is 5.32. The van der Waals surface area contributed by atoms with Crippen LogP contribution in [-0.2, 0) is 19.2 Å². The van der Waals surface area contributed by atoms with E-state index in [1.165, 1.54) is 52.7 Å². The molecule has 2 fully saturated rings. The zero-order valence-corrected chi connectivity index (χ0v) is 16.2. The van der Waals surface area contributed by atoms with Gasteiger partial charge in [-0.15, -0.1) is 0 Å². The molecule has 11 nitrogen and oxygen atoms in total. The highest BCUT2D eigenvalue weighted by Crippen LogP contribution is 2.39. The molecule has 2 aliphatic heterocycles. The molecule has 29 heavy (non-hydrogen) atoms. The van der Waals surface area contributed by atoms with Crippen LogP contribution >= 0.6 is 0 Å². The number of aromatic nitrogens is 1. The molecule has 2 aliphatic rings. The number of hydrogen-bond donors (Lipinski definition) is 0. The lowest BCUT2D eigenvalue weighted by molar-refractivity contribution is -0.154. The lowest BCUT2D eigenvalue weighted by atomic mass is 9.73. The van der Waals surface area contributed by atoms with Gasteiger partial charge in [0.2, 0.25) is 23.6 Å². The number of nitrogens with zero attached hydrogens (tertiary/aromatic N) is 5. The van der Waals surface area contributed by atoms with Gasteiger partial charge in [0.15, 0.2) is 0 Å². The minimum atomic E-state index is -1.51. The third kappa shape index (κ3) is 2.94. The fraction of sp³-hybridized carbons (Fsp3) is 0.389. The van der Waals surface area contributed by atoms with Gasteiger partial charge in [0.25, 0.3) is 0 Å². The zero-order chi connectivity index (χ0) is 21.6. The van der Waals surface area contributed by atoms with Gasteiger partial charge in [-0.2, -0.15) is 0 Å². The number of barbiturate groups is 2. The summed E-state index contributed by atoms with van der Waals surface area (Å²) >= 11 is 0. The molecular weight excluding hydrogens is 382 g/mol. The maximum Gasteiger partial charge on any atom is 0.332 e. The molecule has 0 atom stereocenters. The summed E-state index contributed by atoms with van der Waals surface area (Å²) in [6.45, 7) is 0. The van der Waals surface area contributed by atoms with Gasteiger partial charge in [0.1, 0.15) is 11.8 Å². The summed E-state index contributed by atoms with van der Waals surface area (Å²) in [6.07, 6.45) is 2.80. The molecule has 0 bridgehead atoms. The van der Waals surface area contributed by atoms with Gasteiger partial charge in [0.05, 0.1) is 0 Å². The average Bonchev–Trinajstić information content (AvgIpc) is 2.73. The standard InChI is InChI=1S/C18H19N5O6/c1-20-13(24)11(14(25)21(2)17(20)28)10(9-6-5-7-19-8-9)12-15(26)22(3)18(29)23(4)16(12)27/h5-8,10-12H,1-4H3. The first kappa shape index (κ1) is 20.1. The monoisotopic (exact) mass is 401 g/mol. The molecule has 1 aromatic heterocycles. The van der Waals surface area contributed by atoms with Crippen LogP contribution in [0.3, 0.4) is 0 Å². The zero-order valence-electron chi connectivity index (χ0n) is 16.2. The van der Waals surface area contributed by atoms with Crippen LogP contribution in [0, 0.1) is 11.8 Å². The van der Waals surface area contributed by atoms with Crippen LogP contribution in [0.1, 0.15) is 11.5 Å². The highest BCUT2D eigenvalue weighted by Gasteiger charge is 2.55. The maximum atomic E-state index is 12.9. The lowest BCUT2D eigenvalue weighted by Crippen LogP contribution is -2.63. The number of hydrogen-bond acceptors (Lipinski definition) is 7. The van der Waals surface area contributed by atoms with Crippen LogP contribution in [0.5, 0.6) is 0 Å². The van der Waals surface area contributed by atoms with E-state index >= 15 is 0 Å². The Bertz CT molecular complexity index is 828. The molecule has 0 aromatic carbocycles. The molecule has 0 radical (unpaired) electrons. The number of pyridine rings is 1. The first-order valence-electron chi connectivity index (χ1n) is 8.67. The van der Waals surface area contributed by atoms with Crippen LogP contribution in [-0.4, -0.2) is 88.5 Å². The molecule has 0 unspecified atom stereocenters. The Kier molecular flexibility index (Phi) is 4.91. The quantitative estimate of drug-likeness (QED) is 0.625. The molecule has 0 aliphatic carbocycles. The molecule has 3 heterocycles. The summed E-state index contributed by atoms with van der Waals surface area (Å²) in [5.74, 6) is -7.63. The molecule has 152 valence electrons. The van der Waals surface area contributed by atoms with Crippen molar-refractivity contribution in [1.29, 1.82) is 0 Å². The van der Waals surface area contributed by atoms with Gasteiger partial charge in [0, 0.05) is 46.5 Å². The molecule has 1 aromatic rings. The molecule has 2 saturated heterocycles. The number of rotatable bonds is 3. The van der Waals surface area contributed by atoms with Gasteiger partial charge < -0.3 is 0 Å². The van der Waals surface area contributed by atoms with Gasteiger partial charge in [-0.05, 0) is 11.6 Å². The Morgan fingerprint density at radius 2 is 1.10 bits per heavy atom. The number of carbonyl (C=O) groups is 6. The van der Waals surface area contributed by atoms with E-state index in [4.69, 9.17) is 0 Å². The van der Waals surface area contributed by atoms with Gasteiger partial charge in [-0.3, -0.25) is 43.8 Å². The smallest absolute Gasteiger partial charge is 0.273 e. The predicted octanol–water partition coefficient (Wildman–Crippen LogP) is -0.502. The van der Waals surface area contributed by atoms with Crippen molar-refractivity contribution in [1.82, 2.24) is 24.6 Å². The molecule has 11 heteroatoms. The fourth-order valence-corrected chi connectivity index (χ4v) is 3.64. The largest absolute Gasteiger partial charge is 0.332 e. The van der Waals surface area contributed by atoms with Crippen LogP contribution in [0.2, 0.25) is 0 Å². The SMILES string of the molecule is CN1C(=O)C(C(c2cccnc2)C2C(=O)N(C)C(=O)N(C)C2=O)C(=O)N(C)C1=O. The van der Waals surface area contributed by atoms with Crippen molar-refractivity contribution < 1.29 is 28.8 Å². The second kappa shape index (κ2) is 7.08. The van der Waals surface area contributed by atoms with Crippen molar-refractivity contribution in [2.75, 3.05) is 28.2 Å². The lowest BCUT2D eigenvalue weighted by Gasteiger charge is -2.41. The summed E-state index contributed by atoms with van der Waals surface area (Å²) in [5.41, 5.74) is 0.290. The van der Waals surface area contributed by atoms with Gasteiger partial charge in [-0.25, -0.2) is 9.59 Å². The van der Waals surface area contributed by atoms with Crippen molar-refractivity contribution in [2.45, 2.75) is 5.92 Å². The highest BCUT2D eigenvalue weighted by atomic mass is 16.2. The molecule has 0 spiro atoms. The second-order valence-electron chi connectivity index (χ2n) is 6.92. The van der Waals surface area contributed by atoms with Crippen LogP contribution in [0.4, 0.5) is 9.59 Å². The van der Waals surface area contributed by atoms with Crippen molar-refractivity contribution in [3.8, 4) is 0 Å². The summed E-state index contributed by atoms with van der Waals surface area (Å²) in [5, 5.41) is 0. The average molecular weight is 401 g/mol. The number of imide groups is 4. The summed E-state index contributed by atoms with van der Waals surface area (Å²) in [7, 11) is 4.86. The van der Waals surface area contributed by atoms with E-state index in [1.54, 1.807) is 0 Å². The van der Waals surface area contributed by atoms with Crippen molar-refractivity contribution in [2.24, 2.45) is 11.8 Å². The van der Waals surface area contributed by atoms with E-state index in [2.05, 4.69) is 4.98 Å². The Hall–Kier alpha value is -3.63. The van der Waals surface area contributed by atoms with Crippen molar-refractivity contribution >= 4 is 35.7 Å². The predicted molar refractivity (Wildman–Crippen MR) is 95.8 cm³/mol. The summed E-state index contributed by atoms with van der Waals surface area (Å²) in [4.78, 5) is 82.9. The number of carbonyl (C=O) groups excluding carboxylic acids is 6. The summed E-state index contributed by atoms with van der Waals surface area (Å²) in [6, 6.07) is 1.44. The van der Waals surface area contributed by atoms with Crippen molar-refractivity contribution in [3.05, 3.63) is 30.1 Å². The third-order valence-electron chi connectivity index (χ3n) is 5.32. The normalized spacial score (nSPS) is 19.9. The van der Waals surface area contributed by atoms with E-state index in [-0.39, 0.29) is 5.56 Å². The second-order valence-corrected chi connectivity index (χ2v) is 6.92. The molecule has 8 amide bonds. The molecule has 0 saturated carbocycles. The summed E-state index contributed by atoms with van der Waals surface area (Å²) < 4.78 is 0. The molecule has 0 N–H and O–H groups in total. The number of amides is 8. The first-order valence-corrected chi connectivity index (χ1v) is 8.67. The highest BCUT2D eigenvalue weighted by molar-refractivity contribution is 6.19. The van der Waals surface area contributed by atoms with E-state index < -0.39 is 53.4 Å². The molecule has 3 rings (SSSR count). The Morgan fingerprint density at radius 3 is 1.41 bits per heavy atom. The van der Waals surface area contributed by atoms with Gasteiger partial charge in [-0.1, -0.05) is 6.07 Å². The Morgan fingerprint density at radius 1 is 0.724 bits per heavy atom.